The first-order chi connectivity index (χ1) is 8.11. The van der Waals surface area contributed by atoms with Crippen LogP contribution in [0, 0.1) is 5.92 Å². The van der Waals surface area contributed by atoms with Crippen molar-refractivity contribution in [1.82, 2.24) is 15.3 Å². The number of nitrogens with one attached hydrogen (secondary N) is 2. The highest BCUT2D eigenvalue weighted by atomic mass is 35.5. The van der Waals surface area contributed by atoms with Gasteiger partial charge >= 0.3 is 0 Å². The maximum atomic E-state index is 11.4. The van der Waals surface area contributed by atoms with Gasteiger partial charge in [0.2, 0.25) is 0 Å². The third-order valence-corrected chi connectivity index (χ3v) is 2.84. The molecule has 1 aromatic heterocycles. The Kier molecular flexibility index (Phi) is 3.33. The quantitative estimate of drug-likeness (QED) is 0.743. The topological polar surface area (TPSA) is 92.9 Å². The summed E-state index contributed by atoms with van der Waals surface area (Å²) in [5, 5.41) is 5.68. The number of nitrogens with zero attached hydrogens (tertiary/aromatic N) is 2. The Bertz CT molecular complexity index is 447. The highest BCUT2D eigenvalue weighted by Crippen LogP contribution is 2.29. The second kappa shape index (κ2) is 4.75. The van der Waals surface area contributed by atoms with Gasteiger partial charge in [0.15, 0.2) is 22.5 Å². The van der Waals surface area contributed by atoms with Crippen molar-refractivity contribution in [1.29, 1.82) is 0 Å². The molecule has 2 rings (SSSR count). The van der Waals surface area contributed by atoms with Crippen molar-refractivity contribution in [2.24, 2.45) is 5.92 Å². The minimum atomic E-state index is -0.398. The van der Waals surface area contributed by atoms with Crippen molar-refractivity contribution in [2.75, 3.05) is 24.6 Å². The summed E-state index contributed by atoms with van der Waals surface area (Å²) in [7, 11) is 1.50. The number of nitrogens with two attached hydrogens (primary N) is 1. The summed E-state index contributed by atoms with van der Waals surface area (Å²) in [5.74, 6) is 0.800. The lowest BCUT2D eigenvalue weighted by Gasteiger charge is -2.09. The Morgan fingerprint density at radius 3 is 2.82 bits per heavy atom. The predicted octanol–water partition coefficient (Wildman–Crippen LogP) is 0.894. The fraction of sp³-hybridized carbons (Fsp3) is 0.500. The molecular formula is C10H14ClN5O. The van der Waals surface area contributed by atoms with Crippen LogP contribution in [0.15, 0.2) is 0 Å². The number of hydrogen-bond donors (Lipinski definition) is 3. The molecule has 0 aliphatic heterocycles. The van der Waals surface area contributed by atoms with E-state index in [1.54, 1.807) is 0 Å². The van der Waals surface area contributed by atoms with Crippen molar-refractivity contribution in [3.63, 3.8) is 0 Å². The Hall–Kier alpha value is -1.56. The average Bonchev–Trinajstić information content (AvgIpc) is 3.12. The largest absolute Gasteiger partial charge is 0.382 e. The second-order valence-electron chi connectivity index (χ2n) is 4.00. The van der Waals surface area contributed by atoms with Crippen LogP contribution in [-0.2, 0) is 0 Å². The number of carbonyl (C=O) groups excluding carboxylic acids is 1. The van der Waals surface area contributed by atoms with Crippen molar-refractivity contribution in [2.45, 2.75) is 12.8 Å². The van der Waals surface area contributed by atoms with E-state index in [2.05, 4.69) is 20.6 Å². The molecule has 92 valence electrons. The van der Waals surface area contributed by atoms with Gasteiger partial charge in [0.05, 0.1) is 0 Å². The molecular weight excluding hydrogens is 242 g/mol. The van der Waals surface area contributed by atoms with Crippen LogP contribution in [0.3, 0.4) is 0 Å². The molecule has 0 bridgehead atoms. The van der Waals surface area contributed by atoms with E-state index in [0.717, 1.165) is 6.54 Å². The second-order valence-corrected chi connectivity index (χ2v) is 4.36. The molecule has 0 radical (unpaired) electrons. The molecule has 0 spiro atoms. The predicted molar refractivity (Wildman–Crippen MR) is 66.1 cm³/mol. The van der Waals surface area contributed by atoms with E-state index < -0.39 is 5.91 Å². The number of halogens is 1. The molecule has 1 aromatic rings. The van der Waals surface area contributed by atoms with Crippen LogP contribution in [0.1, 0.15) is 23.3 Å². The van der Waals surface area contributed by atoms with Crippen LogP contribution < -0.4 is 16.4 Å². The van der Waals surface area contributed by atoms with Crippen molar-refractivity contribution in [3.05, 3.63) is 10.8 Å². The zero-order valence-corrected chi connectivity index (χ0v) is 10.2. The number of aromatic nitrogens is 2. The summed E-state index contributed by atoms with van der Waals surface area (Å²) in [4.78, 5) is 19.4. The highest BCUT2D eigenvalue weighted by molar-refractivity contribution is 6.32. The summed E-state index contributed by atoms with van der Waals surface area (Å²) < 4.78 is 0. The molecule has 17 heavy (non-hydrogen) atoms. The molecule has 1 amide bonds. The highest BCUT2D eigenvalue weighted by Gasteiger charge is 2.22. The summed E-state index contributed by atoms with van der Waals surface area (Å²) in [6.45, 7) is 0.813. The third kappa shape index (κ3) is 2.76. The minimum absolute atomic E-state index is 0.0504. The molecule has 1 heterocycles. The number of anilines is 2. The van der Waals surface area contributed by atoms with Crippen LogP contribution in [0.5, 0.6) is 0 Å². The van der Waals surface area contributed by atoms with E-state index in [1.165, 1.54) is 19.9 Å². The van der Waals surface area contributed by atoms with E-state index >= 15 is 0 Å². The molecule has 1 aliphatic carbocycles. The molecule has 4 N–H and O–H groups in total. The number of rotatable bonds is 4. The first kappa shape index (κ1) is 11.9. The number of nitrogen functional groups attached to an aromatic ring is 1. The maximum absolute atomic E-state index is 11.4. The monoisotopic (exact) mass is 255 g/mol. The van der Waals surface area contributed by atoms with Gasteiger partial charge in [-0.25, -0.2) is 9.97 Å². The number of carbonyl (C=O) groups is 1. The number of amides is 1. The Labute approximate surface area is 104 Å². The van der Waals surface area contributed by atoms with E-state index in [1.807, 2.05) is 0 Å². The Morgan fingerprint density at radius 2 is 2.24 bits per heavy atom. The van der Waals surface area contributed by atoms with E-state index in [4.69, 9.17) is 17.3 Å². The molecule has 0 unspecified atom stereocenters. The molecule has 0 aromatic carbocycles. The molecule has 1 aliphatic rings. The van der Waals surface area contributed by atoms with Gasteiger partial charge in [-0.2, -0.15) is 0 Å². The van der Waals surface area contributed by atoms with Crippen molar-refractivity contribution in [3.8, 4) is 0 Å². The van der Waals surface area contributed by atoms with Gasteiger partial charge in [0, 0.05) is 13.6 Å². The minimum Gasteiger partial charge on any atom is -0.382 e. The molecule has 1 fully saturated rings. The molecule has 7 heteroatoms. The summed E-state index contributed by atoms with van der Waals surface area (Å²) in [6.07, 6.45) is 2.45. The molecule has 1 saturated carbocycles. The van der Waals surface area contributed by atoms with E-state index in [9.17, 15) is 4.79 Å². The van der Waals surface area contributed by atoms with Crippen LogP contribution in [0.25, 0.3) is 0 Å². The van der Waals surface area contributed by atoms with Crippen LogP contribution >= 0.6 is 11.6 Å². The summed E-state index contributed by atoms with van der Waals surface area (Å²) in [5.41, 5.74) is 5.71. The average molecular weight is 256 g/mol. The standard InChI is InChI=1S/C10H14ClN5O/c1-13-10(17)6-8(12)16-9(7(11)15-6)14-4-5-2-3-5/h5H,2-4H2,1H3,(H,13,17)(H3,12,14,16). The lowest BCUT2D eigenvalue weighted by Crippen LogP contribution is -2.22. The van der Waals surface area contributed by atoms with Gasteiger partial charge in [0.1, 0.15) is 0 Å². The lowest BCUT2D eigenvalue weighted by atomic mass is 10.3. The first-order valence-electron chi connectivity index (χ1n) is 5.40. The summed E-state index contributed by atoms with van der Waals surface area (Å²) in [6, 6.07) is 0. The zero-order chi connectivity index (χ0) is 12.4. The van der Waals surface area contributed by atoms with Gasteiger partial charge in [-0.1, -0.05) is 11.6 Å². The van der Waals surface area contributed by atoms with Crippen LogP contribution in [0.4, 0.5) is 11.6 Å². The van der Waals surface area contributed by atoms with Crippen LogP contribution in [-0.4, -0.2) is 29.5 Å². The van der Waals surface area contributed by atoms with Crippen LogP contribution in [0.2, 0.25) is 5.15 Å². The number of hydrogen-bond acceptors (Lipinski definition) is 5. The lowest BCUT2D eigenvalue weighted by molar-refractivity contribution is 0.0959. The van der Waals surface area contributed by atoms with Gasteiger partial charge in [-0.15, -0.1) is 0 Å². The van der Waals surface area contributed by atoms with Crippen molar-refractivity contribution >= 4 is 29.1 Å². The molecule has 0 saturated heterocycles. The third-order valence-electron chi connectivity index (χ3n) is 2.58. The van der Waals surface area contributed by atoms with E-state index in [0.29, 0.717) is 11.7 Å². The first-order valence-corrected chi connectivity index (χ1v) is 5.78. The Morgan fingerprint density at radius 1 is 1.53 bits per heavy atom. The van der Waals surface area contributed by atoms with Gasteiger partial charge < -0.3 is 16.4 Å². The van der Waals surface area contributed by atoms with E-state index in [-0.39, 0.29) is 16.7 Å². The Balaban J connectivity index is 2.17. The zero-order valence-electron chi connectivity index (χ0n) is 9.46. The normalized spacial score (nSPS) is 14.5. The maximum Gasteiger partial charge on any atom is 0.273 e. The van der Waals surface area contributed by atoms with Gasteiger partial charge in [0.25, 0.3) is 5.91 Å². The van der Waals surface area contributed by atoms with Gasteiger partial charge in [-0.3, -0.25) is 4.79 Å². The smallest absolute Gasteiger partial charge is 0.273 e. The fourth-order valence-corrected chi connectivity index (χ4v) is 1.58. The molecule has 6 nitrogen and oxygen atoms in total. The van der Waals surface area contributed by atoms with Crippen molar-refractivity contribution < 1.29 is 4.79 Å². The SMILES string of the molecule is CNC(=O)c1nc(Cl)c(NCC2CC2)nc1N. The summed E-state index contributed by atoms with van der Waals surface area (Å²) >= 11 is 5.93. The fourth-order valence-electron chi connectivity index (χ4n) is 1.39. The molecule has 0 atom stereocenters. The van der Waals surface area contributed by atoms with Gasteiger partial charge in [-0.05, 0) is 18.8 Å².